The van der Waals surface area contributed by atoms with Crippen LogP contribution in [0.15, 0.2) is 91.4 Å². The number of benzene rings is 3. The molecule has 4 rings (SSSR count). The van der Waals surface area contributed by atoms with Crippen molar-refractivity contribution in [3.63, 3.8) is 0 Å². The van der Waals surface area contributed by atoms with Crippen molar-refractivity contribution < 1.29 is 40.7 Å². The van der Waals surface area contributed by atoms with Gasteiger partial charge in [0, 0.05) is 30.3 Å². The number of imidazole rings is 1. The molecule has 8 nitrogen and oxygen atoms in total. The number of nitrogens with zero attached hydrogens (tertiary/aromatic N) is 1. The molecule has 0 radical (unpaired) electrons. The SMILES string of the molecule is CNC(C(=O)[C@H](Cc1cnc[nH]1)NC(=O)[C@H](Cc1ccccc1)NC(=O)c1cc(C(F)(F)F)cc(C(F)(F)F)c1)c1ccccc1. The van der Waals surface area contributed by atoms with Crippen LogP contribution in [0.2, 0.25) is 0 Å². The topological polar surface area (TPSA) is 116 Å². The van der Waals surface area contributed by atoms with Gasteiger partial charge in [-0.2, -0.15) is 26.3 Å². The average molecular weight is 646 g/mol. The van der Waals surface area contributed by atoms with Crippen LogP contribution < -0.4 is 16.0 Å². The van der Waals surface area contributed by atoms with Crippen molar-refractivity contribution >= 4 is 17.6 Å². The number of halogens is 6. The Morgan fingerprint density at radius 2 is 1.37 bits per heavy atom. The molecule has 242 valence electrons. The van der Waals surface area contributed by atoms with Gasteiger partial charge in [-0.3, -0.25) is 14.4 Å². The van der Waals surface area contributed by atoms with Gasteiger partial charge in [-0.05, 0) is 36.4 Å². The van der Waals surface area contributed by atoms with Crippen LogP contribution in [0.4, 0.5) is 26.3 Å². The van der Waals surface area contributed by atoms with Crippen molar-refractivity contribution in [2.45, 2.75) is 43.3 Å². The van der Waals surface area contributed by atoms with Gasteiger partial charge in [0.1, 0.15) is 6.04 Å². The zero-order valence-electron chi connectivity index (χ0n) is 24.2. The average Bonchev–Trinajstić information content (AvgIpc) is 3.54. The molecule has 2 amide bonds. The number of likely N-dealkylation sites (N-methyl/N-ethyl adjacent to an activating group) is 1. The lowest BCUT2D eigenvalue weighted by Gasteiger charge is -2.26. The highest BCUT2D eigenvalue weighted by Crippen LogP contribution is 2.36. The van der Waals surface area contributed by atoms with E-state index in [1.807, 2.05) is 0 Å². The van der Waals surface area contributed by atoms with E-state index >= 15 is 0 Å². The van der Waals surface area contributed by atoms with Crippen molar-refractivity contribution in [2.24, 2.45) is 0 Å². The number of rotatable bonds is 12. The Hall–Kier alpha value is -4.98. The molecule has 1 aromatic heterocycles. The molecule has 1 heterocycles. The number of ketones is 1. The van der Waals surface area contributed by atoms with Crippen LogP contribution in [0.1, 0.15) is 44.3 Å². The lowest BCUT2D eigenvalue weighted by molar-refractivity contribution is -0.143. The van der Waals surface area contributed by atoms with Gasteiger partial charge in [0.05, 0.1) is 29.5 Å². The molecule has 0 aliphatic heterocycles. The largest absolute Gasteiger partial charge is 0.416 e. The summed E-state index contributed by atoms with van der Waals surface area (Å²) in [6.07, 6.45) is -7.75. The van der Waals surface area contributed by atoms with Crippen molar-refractivity contribution in [3.8, 4) is 0 Å². The Kier molecular flexibility index (Phi) is 10.6. The van der Waals surface area contributed by atoms with E-state index in [2.05, 4.69) is 25.9 Å². The standard InChI is InChI=1S/C32H29F6N5O3/c1-39-27(20-10-6-3-7-11-20)28(44)25(16-24-17-40-18-41-24)42-30(46)26(12-19-8-4-2-5-9-19)43-29(45)21-13-22(31(33,34)35)15-23(14-21)32(36,37)38/h2-11,13-15,17-18,25-27,39H,12,16H2,1H3,(H,40,41)(H,42,46)(H,43,45)/t25-,26-,27?/m0/s1. The third-order valence-corrected chi connectivity index (χ3v) is 7.10. The van der Waals surface area contributed by atoms with Crippen LogP contribution in [0.25, 0.3) is 0 Å². The van der Waals surface area contributed by atoms with Gasteiger partial charge in [0.15, 0.2) is 5.78 Å². The lowest BCUT2D eigenvalue weighted by Crippen LogP contribution is -2.54. The fraction of sp³-hybridized carbons (Fsp3) is 0.250. The van der Waals surface area contributed by atoms with E-state index in [-0.39, 0.29) is 31.0 Å². The quantitative estimate of drug-likeness (QED) is 0.161. The van der Waals surface area contributed by atoms with E-state index in [1.54, 1.807) is 67.7 Å². The first-order chi connectivity index (χ1) is 21.8. The molecule has 0 aliphatic carbocycles. The van der Waals surface area contributed by atoms with Gasteiger partial charge in [0.25, 0.3) is 5.91 Å². The predicted molar refractivity (Wildman–Crippen MR) is 155 cm³/mol. The predicted octanol–water partition coefficient (Wildman–Crippen LogP) is 5.05. The van der Waals surface area contributed by atoms with Crippen LogP contribution >= 0.6 is 0 Å². The second kappa shape index (κ2) is 14.4. The molecule has 4 aromatic rings. The monoisotopic (exact) mass is 645 g/mol. The number of hydrogen-bond acceptors (Lipinski definition) is 5. The summed E-state index contributed by atoms with van der Waals surface area (Å²) >= 11 is 0. The maximum Gasteiger partial charge on any atom is 0.416 e. The second-order valence-corrected chi connectivity index (χ2v) is 10.4. The molecule has 4 N–H and O–H groups in total. The van der Waals surface area contributed by atoms with E-state index in [0.29, 0.717) is 16.8 Å². The molecule has 0 bridgehead atoms. The Morgan fingerprint density at radius 3 is 1.89 bits per heavy atom. The number of Topliss-reactive ketones (excluding diaryl/α,β-unsaturated/α-hetero) is 1. The fourth-order valence-electron chi connectivity index (χ4n) is 4.82. The summed E-state index contributed by atoms with van der Waals surface area (Å²) in [5.74, 6) is -2.68. The van der Waals surface area contributed by atoms with Crippen molar-refractivity contribution in [2.75, 3.05) is 7.05 Å². The van der Waals surface area contributed by atoms with Crippen LogP contribution in [-0.2, 0) is 34.8 Å². The molecule has 3 aromatic carbocycles. The zero-order chi connectivity index (χ0) is 33.5. The maximum atomic E-state index is 13.8. The van der Waals surface area contributed by atoms with E-state index in [4.69, 9.17) is 0 Å². The molecule has 0 fully saturated rings. The Balaban J connectivity index is 1.67. The Bertz CT molecular complexity index is 1600. The highest BCUT2D eigenvalue weighted by atomic mass is 19.4. The number of carbonyl (C=O) groups is 3. The highest BCUT2D eigenvalue weighted by molar-refractivity contribution is 5.99. The molecule has 14 heteroatoms. The van der Waals surface area contributed by atoms with Crippen LogP contribution in [0, 0.1) is 0 Å². The van der Waals surface area contributed by atoms with Crippen molar-refractivity contribution in [3.05, 3.63) is 125 Å². The third-order valence-electron chi connectivity index (χ3n) is 7.10. The van der Waals surface area contributed by atoms with Crippen LogP contribution in [-0.4, -0.2) is 46.7 Å². The van der Waals surface area contributed by atoms with Crippen LogP contribution in [0.3, 0.4) is 0 Å². The lowest BCUT2D eigenvalue weighted by atomic mass is 9.94. The number of aromatic nitrogens is 2. The molecule has 0 saturated carbocycles. The summed E-state index contributed by atoms with van der Waals surface area (Å²) in [7, 11) is 1.56. The number of H-pyrrole nitrogens is 1. The highest BCUT2D eigenvalue weighted by Gasteiger charge is 2.38. The zero-order valence-corrected chi connectivity index (χ0v) is 24.2. The number of hydrogen-bond donors (Lipinski definition) is 4. The summed E-state index contributed by atoms with van der Waals surface area (Å²) in [5, 5.41) is 7.85. The summed E-state index contributed by atoms with van der Waals surface area (Å²) < 4.78 is 80.8. The van der Waals surface area contributed by atoms with E-state index in [1.165, 1.54) is 12.5 Å². The summed E-state index contributed by atoms with van der Waals surface area (Å²) in [5.41, 5.74) is -2.68. The molecule has 3 atom stereocenters. The smallest absolute Gasteiger partial charge is 0.348 e. The number of aromatic amines is 1. The number of carbonyl (C=O) groups excluding carboxylic acids is 3. The van der Waals surface area contributed by atoms with Gasteiger partial charge in [-0.25, -0.2) is 4.98 Å². The number of alkyl halides is 6. The minimum Gasteiger partial charge on any atom is -0.348 e. The Morgan fingerprint density at radius 1 is 0.783 bits per heavy atom. The number of amides is 2. The molecule has 0 spiro atoms. The third kappa shape index (κ3) is 8.81. The van der Waals surface area contributed by atoms with Gasteiger partial charge >= 0.3 is 12.4 Å². The molecule has 0 saturated heterocycles. The summed E-state index contributed by atoms with van der Waals surface area (Å²) in [4.78, 5) is 47.6. The molecular weight excluding hydrogens is 616 g/mol. The molecule has 46 heavy (non-hydrogen) atoms. The van der Waals surface area contributed by atoms with Gasteiger partial charge in [-0.15, -0.1) is 0 Å². The Labute approximate surface area is 259 Å². The summed E-state index contributed by atoms with van der Waals surface area (Å²) in [6.45, 7) is 0. The van der Waals surface area contributed by atoms with E-state index < -0.39 is 64.8 Å². The first-order valence-corrected chi connectivity index (χ1v) is 13.9. The second-order valence-electron chi connectivity index (χ2n) is 10.4. The van der Waals surface area contributed by atoms with Crippen LogP contribution in [0.5, 0.6) is 0 Å². The minimum atomic E-state index is -5.18. The van der Waals surface area contributed by atoms with Crippen molar-refractivity contribution in [1.82, 2.24) is 25.9 Å². The fourth-order valence-corrected chi connectivity index (χ4v) is 4.82. The van der Waals surface area contributed by atoms with E-state index in [0.717, 1.165) is 0 Å². The minimum absolute atomic E-state index is 0.0375. The van der Waals surface area contributed by atoms with Gasteiger partial charge in [0.2, 0.25) is 5.91 Å². The van der Waals surface area contributed by atoms with Crippen molar-refractivity contribution in [1.29, 1.82) is 0 Å². The summed E-state index contributed by atoms with van der Waals surface area (Å²) in [6, 6.07) is 13.8. The normalized spacial score (nSPS) is 13.8. The van der Waals surface area contributed by atoms with E-state index in [9.17, 15) is 40.7 Å². The molecule has 0 aliphatic rings. The van der Waals surface area contributed by atoms with Gasteiger partial charge in [-0.1, -0.05) is 60.7 Å². The first-order valence-electron chi connectivity index (χ1n) is 13.9. The van der Waals surface area contributed by atoms with Gasteiger partial charge < -0.3 is 20.9 Å². The molecule has 1 unspecified atom stereocenters. The maximum absolute atomic E-state index is 13.8. The first kappa shape index (κ1) is 33.9. The molecular formula is C32H29F6N5O3. The number of nitrogens with one attached hydrogen (secondary N) is 4.